The van der Waals surface area contributed by atoms with E-state index in [0.29, 0.717) is 24.5 Å². The van der Waals surface area contributed by atoms with E-state index in [2.05, 4.69) is 25.6 Å². The number of carbonyl (C=O) groups is 1. The number of aromatic amines is 1. The normalized spacial score (nSPS) is 14.0. The van der Waals surface area contributed by atoms with Gasteiger partial charge in [0.15, 0.2) is 11.4 Å². The topological polar surface area (TPSA) is 136 Å². The van der Waals surface area contributed by atoms with E-state index in [-0.39, 0.29) is 28.2 Å². The lowest BCUT2D eigenvalue weighted by Crippen LogP contribution is -2.44. The van der Waals surface area contributed by atoms with Crippen LogP contribution in [0.4, 0.5) is 20.7 Å². The van der Waals surface area contributed by atoms with E-state index in [0.717, 1.165) is 23.6 Å². The summed E-state index contributed by atoms with van der Waals surface area (Å²) in [5, 5.41) is 10.0. The monoisotopic (exact) mass is 527 g/mol. The Morgan fingerprint density at radius 1 is 1.10 bits per heavy atom. The molecular weight excluding hydrogens is 505 g/mol. The number of hydrogen-bond acceptors (Lipinski definition) is 7. The Bertz CT molecular complexity index is 1750. The lowest BCUT2D eigenvalue weighted by molar-refractivity contribution is -0.0522. The van der Waals surface area contributed by atoms with Crippen molar-refractivity contribution in [3.8, 4) is 17.2 Å². The minimum atomic E-state index is -0.709. The van der Waals surface area contributed by atoms with Crippen molar-refractivity contribution in [3.63, 3.8) is 0 Å². The third-order valence-electron chi connectivity index (χ3n) is 6.27. The highest BCUT2D eigenvalue weighted by molar-refractivity contribution is 5.99. The molecule has 0 radical (unpaired) electrons. The molecule has 2 aromatic carbocycles. The zero-order chi connectivity index (χ0) is 27.0. The number of urea groups is 1. The lowest BCUT2D eigenvalue weighted by atomic mass is 9.85. The van der Waals surface area contributed by atoms with Crippen molar-refractivity contribution in [2.45, 2.75) is 12.3 Å². The van der Waals surface area contributed by atoms with Crippen LogP contribution < -0.4 is 20.9 Å². The number of nitrogens with zero attached hydrogens (tertiary/aromatic N) is 4. The fourth-order valence-corrected chi connectivity index (χ4v) is 4.15. The summed E-state index contributed by atoms with van der Waals surface area (Å²) in [7, 11) is 0. The van der Waals surface area contributed by atoms with Crippen molar-refractivity contribution in [1.29, 1.82) is 0 Å². The lowest BCUT2D eigenvalue weighted by Gasteiger charge is -2.36. The predicted molar refractivity (Wildman–Crippen MR) is 141 cm³/mol. The number of carbonyl (C=O) groups excluding carboxylic acids is 1. The number of pyridine rings is 1. The van der Waals surface area contributed by atoms with Gasteiger partial charge in [-0.3, -0.25) is 10.1 Å². The van der Waals surface area contributed by atoms with Crippen LogP contribution in [0.3, 0.4) is 0 Å². The molecule has 0 aliphatic carbocycles. The Kier molecular flexibility index (Phi) is 6.00. The summed E-state index contributed by atoms with van der Waals surface area (Å²) in [6.07, 6.45) is 2.55. The smallest absolute Gasteiger partial charge is 0.324 e. The first-order chi connectivity index (χ1) is 18.9. The molecule has 1 saturated heterocycles. The second kappa shape index (κ2) is 9.65. The third kappa shape index (κ3) is 4.80. The SMILES string of the molecule is CC1(c2cc(NC(=O)Nc3ccc(Oc4ccnc5[nH]c(=O)cnc45)cc3F)n(-c3ccccc3)n2)COC1. The quantitative estimate of drug-likeness (QED) is 0.298. The van der Waals surface area contributed by atoms with Crippen LogP contribution >= 0.6 is 0 Å². The first-order valence-corrected chi connectivity index (χ1v) is 12.0. The minimum Gasteiger partial charge on any atom is -0.455 e. The van der Waals surface area contributed by atoms with Crippen LogP contribution in [0, 0.1) is 5.82 Å². The number of halogens is 1. The van der Waals surface area contributed by atoms with Gasteiger partial charge in [-0.05, 0) is 31.2 Å². The molecule has 39 heavy (non-hydrogen) atoms. The zero-order valence-electron chi connectivity index (χ0n) is 20.6. The highest BCUT2D eigenvalue weighted by Gasteiger charge is 2.38. The molecule has 12 heteroatoms. The van der Waals surface area contributed by atoms with Crippen molar-refractivity contribution in [2.24, 2.45) is 0 Å². The second-order valence-corrected chi connectivity index (χ2v) is 9.29. The van der Waals surface area contributed by atoms with Crippen LogP contribution in [0.15, 0.2) is 77.9 Å². The number of H-pyrrole nitrogens is 1. The Hall–Kier alpha value is -5.10. The van der Waals surface area contributed by atoms with Crippen molar-refractivity contribution in [3.05, 3.63) is 94.9 Å². The number of nitrogens with one attached hydrogen (secondary N) is 3. The molecule has 4 heterocycles. The average molecular weight is 528 g/mol. The minimum absolute atomic E-state index is 0.0488. The van der Waals surface area contributed by atoms with Gasteiger partial charge in [0, 0.05) is 24.4 Å². The summed E-state index contributed by atoms with van der Waals surface area (Å²) >= 11 is 0. The van der Waals surface area contributed by atoms with Gasteiger partial charge in [-0.25, -0.2) is 23.8 Å². The molecule has 3 aromatic heterocycles. The van der Waals surface area contributed by atoms with Crippen LogP contribution in [-0.2, 0) is 10.2 Å². The average Bonchev–Trinajstić information content (AvgIpc) is 3.33. The molecule has 0 unspecified atom stereocenters. The standard InChI is InChI=1S/C27H22FN7O4/c1-27(14-38-15-27)21-12-22(35(34-21)16-5-3-2-4-6-16)32-26(37)31-19-8-7-17(11-18(19)28)39-20-9-10-29-25-24(20)30-13-23(36)33-25/h2-13H,14-15H2,1H3,(H,29,33,36)(H2,31,32,37). The van der Waals surface area contributed by atoms with Gasteiger partial charge >= 0.3 is 6.03 Å². The number of hydrogen-bond donors (Lipinski definition) is 3. The molecule has 0 atom stereocenters. The summed E-state index contributed by atoms with van der Waals surface area (Å²) in [4.78, 5) is 35.0. The van der Waals surface area contributed by atoms with Gasteiger partial charge in [-0.1, -0.05) is 18.2 Å². The number of amides is 2. The molecule has 5 aromatic rings. The second-order valence-electron chi connectivity index (χ2n) is 9.29. The van der Waals surface area contributed by atoms with Crippen LogP contribution in [0.5, 0.6) is 11.5 Å². The molecule has 0 saturated carbocycles. The van der Waals surface area contributed by atoms with Gasteiger partial charge in [-0.15, -0.1) is 0 Å². The van der Waals surface area contributed by atoms with Crippen LogP contribution in [0.2, 0.25) is 0 Å². The zero-order valence-corrected chi connectivity index (χ0v) is 20.6. The van der Waals surface area contributed by atoms with Crippen molar-refractivity contribution in [2.75, 3.05) is 23.8 Å². The molecule has 196 valence electrons. The van der Waals surface area contributed by atoms with Crippen molar-refractivity contribution in [1.82, 2.24) is 24.7 Å². The Morgan fingerprint density at radius 2 is 1.92 bits per heavy atom. The molecule has 1 aliphatic rings. The summed E-state index contributed by atoms with van der Waals surface area (Å²) < 4.78 is 27.7. The first-order valence-electron chi connectivity index (χ1n) is 12.0. The summed E-state index contributed by atoms with van der Waals surface area (Å²) in [5.74, 6) is 0.169. The molecule has 0 spiro atoms. The molecule has 11 nitrogen and oxygen atoms in total. The fraction of sp³-hybridized carbons (Fsp3) is 0.148. The number of fused-ring (bicyclic) bond motifs is 1. The highest BCUT2D eigenvalue weighted by Crippen LogP contribution is 2.33. The summed E-state index contributed by atoms with van der Waals surface area (Å²) in [5.41, 5.74) is 1.40. The number of ether oxygens (including phenoxy) is 2. The number of anilines is 2. The number of para-hydroxylation sites is 1. The Morgan fingerprint density at radius 3 is 2.67 bits per heavy atom. The summed E-state index contributed by atoms with van der Waals surface area (Å²) in [6.45, 7) is 3.11. The molecule has 2 amide bonds. The van der Waals surface area contributed by atoms with E-state index in [1.807, 2.05) is 37.3 Å². The first kappa shape index (κ1) is 24.2. The number of rotatable bonds is 6. The molecule has 6 rings (SSSR count). The summed E-state index contributed by atoms with van der Waals surface area (Å²) in [6, 6.07) is 16.1. The van der Waals surface area contributed by atoms with Gasteiger partial charge in [0.2, 0.25) is 0 Å². The molecule has 1 aliphatic heterocycles. The largest absolute Gasteiger partial charge is 0.455 e. The molecular formula is C27H22FN7O4. The van der Waals surface area contributed by atoms with Gasteiger partial charge in [0.05, 0.1) is 41.9 Å². The maximum Gasteiger partial charge on any atom is 0.324 e. The molecule has 1 fully saturated rings. The van der Waals surface area contributed by atoms with Crippen LogP contribution in [0.25, 0.3) is 16.9 Å². The number of benzene rings is 2. The van der Waals surface area contributed by atoms with Crippen LogP contribution in [-0.4, -0.2) is 44.0 Å². The van der Waals surface area contributed by atoms with E-state index < -0.39 is 17.4 Å². The fourth-order valence-electron chi connectivity index (χ4n) is 4.15. The Labute approximate surface area is 220 Å². The van der Waals surface area contributed by atoms with Gasteiger partial charge in [-0.2, -0.15) is 5.10 Å². The highest BCUT2D eigenvalue weighted by atomic mass is 19.1. The van der Waals surface area contributed by atoms with Gasteiger partial charge < -0.3 is 19.8 Å². The van der Waals surface area contributed by atoms with E-state index in [4.69, 9.17) is 14.6 Å². The Balaban J connectivity index is 1.20. The molecule has 3 N–H and O–H groups in total. The van der Waals surface area contributed by atoms with E-state index >= 15 is 0 Å². The van der Waals surface area contributed by atoms with Gasteiger partial charge in [0.25, 0.3) is 5.56 Å². The maximum atomic E-state index is 14.9. The van der Waals surface area contributed by atoms with Crippen molar-refractivity contribution >= 4 is 28.7 Å². The van der Waals surface area contributed by atoms with E-state index in [1.54, 1.807) is 16.8 Å². The van der Waals surface area contributed by atoms with Gasteiger partial charge in [0.1, 0.15) is 22.9 Å². The molecule has 0 bridgehead atoms. The third-order valence-corrected chi connectivity index (χ3v) is 6.27. The van der Waals surface area contributed by atoms with Crippen LogP contribution in [0.1, 0.15) is 12.6 Å². The van der Waals surface area contributed by atoms with E-state index in [1.165, 1.54) is 18.3 Å². The predicted octanol–water partition coefficient (Wildman–Crippen LogP) is 4.37. The maximum absolute atomic E-state index is 14.9. The van der Waals surface area contributed by atoms with E-state index in [9.17, 15) is 14.0 Å². The van der Waals surface area contributed by atoms with Crippen molar-refractivity contribution < 1.29 is 18.7 Å². The number of aromatic nitrogens is 5.